The maximum absolute atomic E-state index is 12.5. The van der Waals surface area contributed by atoms with Crippen LogP contribution in [0.4, 0.5) is 10.5 Å². The molecule has 2 aromatic rings. The van der Waals surface area contributed by atoms with E-state index in [2.05, 4.69) is 10.6 Å². The third-order valence-electron chi connectivity index (χ3n) is 4.47. The SMILES string of the molecule is Cl.NC(=O)NCc1ccc(C(=O)NC2CCCc3cc(N)ccc32)cc1. The number of amides is 3. The predicted octanol–water partition coefficient (Wildman–Crippen LogP) is 2.67. The van der Waals surface area contributed by atoms with E-state index in [0.29, 0.717) is 12.1 Å². The van der Waals surface area contributed by atoms with Gasteiger partial charge in [0.1, 0.15) is 0 Å². The first kappa shape index (κ1) is 19.6. The number of hydrogen-bond acceptors (Lipinski definition) is 3. The van der Waals surface area contributed by atoms with E-state index < -0.39 is 6.03 Å². The molecule has 0 spiro atoms. The van der Waals surface area contributed by atoms with Gasteiger partial charge < -0.3 is 22.1 Å². The van der Waals surface area contributed by atoms with Gasteiger partial charge in [-0.2, -0.15) is 0 Å². The van der Waals surface area contributed by atoms with Crippen molar-refractivity contribution < 1.29 is 9.59 Å². The fraction of sp³-hybridized carbons (Fsp3) is 0.263. The standard InChI is InChI=1S/C19H22N4O2.ClH/c20-15-8-9-16-14(10-15)2-1-3-17(16)23-18(24)13-6-4-12(5-7-13)11-22-19(21)25;/h4-10,17H,1-3,11,20H2,(H,23,24)(H3,21,22,25);1H. The first-order valence-corrected chi connectivity index (χ1v) is 8.34. The molecule has 0 aromatic heterocycles. The lowest BCUT2D eigenvalue weighted by Crippen LogP contribution is -2.31. The molecular weight excluding hydrogens is 352 g/mol. The van der Waals surface area contributed by atoms with Crippen molar-refractivity contribution in [2.75, 3.05) is 5.73 Å². The molecule has 6 nitrogen and oxygen atoms in total. The summed E-state index contributed by atoms with van der Waals surface area (Å²) in [6, 6.07) is 12.4. The number of hydrogen-bond donors (Lipinski definition) is 4. The first-order valence-electron chi connectivity index (χ1n) is 8.34. The smallest absolute Gasteiger partial charge is 0.312 e. The van der Waals surface area contributed by atoms with E-state index in [-0.39, 0.29) is 24.4 Å². The minimum absolute atomic E-state index is 0. The molecule has 0 aliphatic heterocycles. The Morgan fingerprint density at radius 3 is 2.54 bits per heavy atom. The van der Waals surface area contributed by atoms with Crippen molar-refractivity contribution in [1.29, 1.82) is 0 Å². The van der Waals surface area contributed by atoms with E-state index in [4.69, 9.17) is 11.5 Å². The molecule has 1 aliphatic rings. The second-order valence-electron chi connectivity index (χ2n) is 6.29. The summed E-state index contributed by atoms with van der Waals surface area (Å²) in [5.41, 5.74) is 15.5. The number of fused-ring (bicyclic) bond motifs is 1. The average molecular weight is 375 g/mol. The van der Waals surface area contributed by atoms with Crippen LogP contribution in [0, 0.1) is 0 Å². The molecule has 0 bridgehead atoms. The maximum atomic E-state index is 12.5. The zero-order valence-corrected chi connectivity index (χ0v) is 15.1. The van der Waals surface area contributed by atoms with Gasteiger partial charge in [-0.15, -0.1) is 12.4 Å². The lowest BCUT2D eigenvalue weighted by Gasteiger charge is -2.26. The number of primary amides is 1. The average Bonchev–Trinajstić information content (AvgIpc) is 2.60. The molecule has 6 N–H and O–H groups in total. The summed E-state index contributed by atoms with van der Waals surface area (Å²) in [6.45, 7) is 0.342. The zero-order chi connectivity index (χ0) is 17.8. The van der Waals surface area contributed by atoms with Gasteiger partial charge in [-0.1, -0.05) is 18.2 Å². The van der Waals surface area contributed by atoms with Crippen LogP contribution in [0.1, 0.15) is 45.9 Å². The minimum atomic E-state index is -0.571. The van der Waals surface area contributed by atoms with Crippen molar-refractivity contribution in [2.24, 2.45) is 5.73 Å². The molecule has 0 heterocycles. The van der Waals surface area contributed by atoms with E-state index in [0.717, 1.165) is 36.1 Å². The Morgan fingerprint density at radius 2 is 1.85 bits per heavy atom. The van der Waals surface area contributed by atoms with Gasteiger partial charge in [0.25, 0.3) is 5.91 Å². The monoisotopic (exact) mass is 374 g/mol. The van der Waals surface area contributed by atoms with Crippen molar-refractivity contribution >= 4 is 30.0 Å². The number of nitrogens with one attached hydrogen (secondary N) is 2. The van der Waals surface area contributed by atoms with E-state index in [9.17, 15) is 9.59 Å². The highest BCUT2D eigenvalue weighted by Crippen LogP contribution is 2.31. The number of nitrogens with two attached hydrogens (primary N) is 2. The van der Waals surface area contributed by atoms with Crippen LogP contribution in [0.5, 0.6) is 0 Å². The number of aryl methyl sites for hydroxylation is 1. The number of carbonyl (C=O) groups is 2. The largest absolute Gasteiger partial charge is 0.399 e. The summed E-state index contributed by atoms with van der Waals surface area (Å²) in [4.78, 5) is 23.3. The highest BCUT2D eigenvalue weighted by Gasteiger charge is 2.22. The van der Waals surface area contributed by atoms with Crippen LogP contribution in [-0.4, -0.2) is 11.9 Å². The quantitative estimate of drug-likeness (QED) is 0.617. The fourth-order valence-electron chi connectivity index (χ4n) is 3.19. The van der Waals surface area contributed by atoms with Gasteiger partial charge in [0.15, 0.2) is 0 Å². The molecule has 3 amide bonds. The van der Waals surface area contributed by atoms with Crippen LogP contribution in [0.3, 0.4) is 0 Å². The first-order chi connectivity index (χ1) is 12.0. The summed E-state index contributed by atoms with van der Waals surface area (Å²) < 4.78 is 0. The van der Waals surface area contributed by atoms with Gasteiger partial charge in [-0.05, 0) is 60.2 Å². The van der Waals surface area contributed by atoms with E-state index in [1.54, 1.807) is 24.3 Å². The molecule has 1 aliphatic carbocycles. The van der Waals surface area contributed by atoms with Crippen molar-refractivity contribution in [3.05, 3.63) is 64.7 Å². The fourth-order valence-corrected chi connectivity index (χ4v) is 3.19. The van der Waals surface area contributed by atoms with Crippen LogP contribution >= 0.6 is 12.4 Å². The molecule has 138 valence electrons. The van der Waals surface area contributed by atoms with E-state index in [1.165, 1.54) is 5.56 Å². The van der Waals surface area contributed by atoms with Crippen molar-refractivity contribution in [1.82, 2.24) is 10.6 Å². The number of halogens is 1. The highest BCUT2D eigenvalue weighted by atomic mass is 35.5. The molecule has 0 saturated carbocycles. The maximum Gasteiger partial charge on any atom is 0.312 e. The number of anilines is 1. The highest BCUT2D eigenvalue weighted by molar-refractivity contribution is 5.94. The van der Waals surface area contributed by atoms with E-state index in [1.807, 2.05) is 18.2 Å². The van der Waals surface area contributed by atoms with Crippen LogP contribution in [0.15, 0.2) is 42.5 Å². The third kappa shape index (κ3) is 4.67. The predicted molar refractivity (Wildman–Crippen MR) is 104 cm³/mol. The Hall–Kier alpha value is -2.73. The van der Waals surface area contributed by atoms with Crippen molar-refractivity contribution in [2.45, 2.75) is 31.8 Å². The second kappa shape index (κ2) is 8.58. The Kier molecular flexibility index (Phi) is 6.46. The summed E-state index contributed by atoms with van der Waals surface area (Å²) in [5, 5.41) is 5.63. The molecule has 0 fully saturated rings. The van der Waals surface area contributed by atoms with Gasteiger partial charge in [-0.25, -0.2) is 4.79 Å². The minimum Gasteiger partial charge on any atom is -0.399 e. The number of benzene rings is 2. The molecule has 2 aromatic carbocycles. The molecule has 1 unspecified atom stereocenters. The summed E-state index contributed by atoms with van der Waals surface area (Å²) >= 11 is 0. The second-order valence-corrected chi connectivity index (χ2v) is 6.29. The normalized spacial score (nSPS) is 15.3. The lowest BCUT2D eigenvalue weighted by atomic mass is 9.87. The van der Waals surface area contributed by atoms with Gasteiger partial charge in [-0.3, -0.25) is 4.79 Å². The van der Waals surface area contributed by atoms with Crippen LogP contribution in [0.2, 0.25) is 0 Å². The van der Waals surface area contributed by atoms with Crippen molar-refractivity contribution in [3.8, 4) is 0 Å². The lowest BCUT2D eigenvalue weighted by molar-refractivity contribution is 0.0932. The Morgan fingerprint density at radius 1 is 1.12 bits per heavy atom. The molecule has 3 rings (SSSR count). The van der Waals surface area contributed by atoms with Crippen LogP contribution < -0.4 is 22.1 Å². The summed E-state index contributed by atoms with van der Waals surface area (Å²) in [5.74, 6) is -0.107. The number of nitrogen functional groups attached to an aromatic ring is 1. The summed E-state index contributed by atoms with van der Waals surface area (Å²) in [7, 11) is 0. The van der Waals surface area contributed by atoms with Crippen LogP contribution in [-0.2, 0) is 13.0 Å². The molecule has 0 radical (unpaired) electrons. The third-order valence-corrected chi connectivity index (χ3v) is 4.47. The molecule has 0 saturated heterocycles. The number of urea groups is 1. The molecule has 1 atom stereocenters. The Labute approximate surface area is 158 Å². The molecule has 7 heteroatoms. The Balaban J connectivity index is 0.00000243. The number of carbonyl (C=O) groups excluding carboxylic acids is 2. The molecule has 26 heavy (non-hydrogen) atoms. The van der Waals surface area contributed by atoms with Gasteiger partial charge in [0.2, 0.25) is 0 Å². The van der Waals surface area contributed by atoms with Crippen LogP contribution in [0.25, 0.3) is 0 Å². The molecular formula is C19H23ClN4O2. The topological polar surface area (TPSA) is 110 Å². The zero-order valence-electron chi connectivity index (χ0n) is 14.3. The summed E-state index contributed by atoms with van der Waals surface area (Å²) in [6.07, 6.45) is 2.94. The Bertz CT molecular complexity index is 793. The van der Waals surface area contributed by atoms with Gasteiger partial charge >= 0.3 is 6.03 Å². The van der Waals surface area contributed by atoms with Gasteiger partial charge in [0.05, 0.1) is 6.04 Å². The number of rotatable bonds is 4. The van der Waals surface area contributed by atoms with Gasteiger partial charge in [0, 0.05) is 17.8 Å². The van der Waals surface area contributed by atoms with E-state index >= 15 is 0 Å². The van der Waals surface area contributed by atoms with Crippen molar-refractivity contribution in [3.63, 3.8) is 0 Å².